The van der Waals surface area contributed by atoms with E-state index in [0.29, 0.717) is 5.56 Å². The number of halogens is 5. The highest BCUT2D eigenvalue weighted by molar-refractivity contribution is 5.46. The molecule has 0 unspecified atom stereocenters. The van der Waals surface area contributed by atoms with Crippen molar-refractivity contribution in [3.8, 4) is 5.75 Å². The number of hydrogen-bond donors (Lipinski definition) is 1. The largest absolute Gasteiger partial charge is 0.488 e. The van der Waals surface area contributed by atoms with Crippen LogP contribution in [0.1, 0.15) is 11.3 Å². The number of hydrogen-bond acceptors (Lipinski definition) is 5. The van der Waals surface area contributed by atoms with Gasteiger partial charge in [-0.2, -0.15) is 27.8 Å². The van der Waals surface area contributed by atoms with Crippen LogP contribution in [0.2, 0.25) is 0 Å². The van der Waals surface area contributed by atoms with Crippen molar-refractivity contribution in [3.05, 3.63) is 47.9 Å². The lowest BCUT2D eigenvalue weighted by atomic mass is 10.2. The third-order valence-electron chi connectivity index (χ3n) is 3.29. The summed E-state index contributed by atoms with van der Waals surface area (Å²) in [4.78, 5) is 7.08. The number of aromatic nitrogens is 4. The van der Waals surface area contributed by atoms with E-state index in [0.717, 1.165) is 16.9 Å². The Morgan fingerprint density at radius 1 is 1.19 bits per heavy atom. The summed E-state index contributed by atoms with van der Waals surface area (Å²) in [5, 5.41) is 6.64. The van der Waals surface area contributed by atoms with Crippen molar-refractivity contribution in [2.24, 2.45) is 0 Å². The number of anilines is 1. The predicted molar refractivity (Wildman–Crippen MR) is 81.1 cm³/mol. The molecule has 0 aliphatic carbocycles. The lowest BCUT2D eigenvalue weighted by Gasteiger charge is -2.12. The Bertz CT molecular complexity index is 896. The molecular formula is C15H12F5N5O. The summed E-state index contributed by atoms with van der Waals surface area (Å²) < 4.78 is 69.3. The normalized spacial score (nSPS) is 11.9. The zero-order valence-electron chi connectivity index (χ0n) is 13.0. The van der Waals surface area contributed by atoms with Crippen molar-refractivity contribution in [2.75, 3.05) is 11.9 Å². The fourth-order valence-corrected chi connectivity index (χ4v) is 2.18. The van der Waals surface area contributed by atoms with Gasteiger partial charge in [0.15, 0.2) is 5.69 Å². The minimum Gasteiger partial charge on any atom is -0.488 e. The van der Waals surface area contributed by atoms with Gasteiger partial charge in [-0.25, -0.2) is 13.8 Å². The average Bonchev–Trinajstić information content (AvgIpc) is 3.06. The van der Waals surface area contributed by atoms with Gasteiger partial charge in [0.05, 0.1) is 0 Å². The van der Waals surface area contributed by atoms with Crippen molar-refractivity contribution >= 4 is 11.6 Å². The minimum absolute atomic E-state index is 0.0405. The quantitative estimate of drug-likeness (QED) is 0.671. The maximum absolute atomic E-state index is 12.9. The van der Waals surface area contributed by atoms with Gasteiger partial charge in [0.1, 0.15) is 24.5 Å². The molecule has 0 amide bonds. The van der Waals surface area contributed by atoms with Gasteiger partial charge in [-0.05, 0) is 17.7 Å². The Labute approximate surface area is 143 Å². The van der Waals surface area contributed by atoms with Crippen LogP contribution in [0.15, 0.2) is 36.7 Å². The molecule has 3 aromatic rings. The first-order chi connectivity index (χ1) is 12.3. The lowest BCUT2D eigenvalue weighted by Crippen LogP contribution is -2.13. The van der Waals surface area contributed by atoms with Gasteiger partial charge in [-0.15, -0.1) is 0 Å². The number of alkyl halides is 5. The van der Waals surface area contributed by atoms with Crippen LogP contribution < -0.4 is 10.1 Å². The number of nitrogens with zero attached hydrogens (tertiary/aromatic N) is 4. The number of ether oxygens (including phenoxy) is 1. The Balaban J connectivity index is 1.79. The molecule has 2 aromatic heterocycles. The Kier molecular flexibility index (Phi) is 4.87. The van der Waals surface area contributed by atoms with E-state index in [2.05, 4.69) is 20.4 Å². The standard InChI is InChI=1S/C15H12F5N5O/c16-12(17)7-26-10-3-1-2-9(4-10)6-21-13-5-11(15(18,19)20)24-14-22-8-23-25(13)14/h1-5,8,12,21H,6-7H2. The van der Waals surface area contributed by atoms with E-state index in [1.165, 1.54) is 12.1 Å². The first-order valence-corrected chi connectivity index (χ1v) is 7.34. The van der Waals surface area contributed by atoms with E-state index in [4.69, 9.17) is 4.74 Å². The highest BCUT2D eigenvalue weighted by atomic mass is 19.4. The molecule has 0 fully saturated rings. The summed E-state index contributed by atoms with van der Waals surface area (Å²) >= 11 is 0. The van der Waals surface area contributed by atoms with Gasteiger partial charge in [0.25, 0.3) is 12.2 Å². The Morgan fingerprint density at radius 2 is 2.00 bits per heavy atom. The van der Waals surface area contributed by atoms with Gasteiger partial charge in [-0.1, -0.05) is 12.1 Å². The fraction of sp³-hybridized carbons (Fsp3) is 0.267. The minimum atomic E-state index is -4.63. The summed E-state index contributed by atoms with van der Waals surface area (Å²) in [5.74, 6) is 0.0799. The maximum Gasteiger partial charge on any atom is 0.433 e. The van der Waals surface area contributed by atoms with E-state index >= 15 is 0 Å². The van der Waals surface area contributed by atoms with Crippen molar-refractivity contribution in [3.63, 3.8) is 0 Å². The van der Waals surface area contributed by atoms with Gasteiger partial charge < -0.3 is 10.1 Å². The highest BCUT2D eigenvalue weighted by Crippen LogP contribution is 2.29. The van der Waals surface area contributed by atoms with Crippen LogP contribution in [-0.4, -0.2) is 32.6 Å². The van der Waals surface area contributed by atoms with Crippen molar-refractivity contribution in [2.45, 2.75) is 19.1 Å². The highest BCUT2D eigenvalue weighted by Gasteiger charge is 2.34. The molecule has 0 aliphatic rings. The zero-order valence-corrected chi connectivity index (χ0v) is 13.0. The molecule has 0 spiro atoms. The van der Waals surface area contributed by atoms with Gasteiger partial charge >= 0.3 is 6.18 Å². The molecule has 6 nitrogen and oxygen atoms in total. The van der Waals surface area contributed by atoms with Crippen LogP contribution in [0.5, 0.6) is 5.75 Å². The molecule has 3 rings (SSSR count). The first-order valence-electron chi connectivity index (χ1n) is 7.34. The molecule has 138 valence electrons. The van der Waals surface area contributed by atoms with E-state index in [-0.39, 0.29) is 23.9 Å². The van der Waals surface area contributed by atoms with Crippen molar-refractivity contribution < 1.29 is 26.7 Å². The van der Waals surface area contributed by atoms with E-state index in [1.54, 1.807) is 12.1 Å². The molecule has 0 saturated carbocycles. The topological polar surface area (TPSA) is 64.3 Å². The molecule has 26 heavy (non-hydrogen) atoms. The number of rotatable bonds is 6. The Morgan fingerprint density at radius 3 is 2.73 bits per heavy atom. The third-order valence-corrected chi connectivity index (χ3v) is 3.29. The number of fused-ring (bicyclic) bond motifs is 1. The van der Waals surface area contributed by atoms with E-state index < -0.39 is 24.9 Å². The van der Waals surface area contributed by atoms with Crippen LogP contribution in [-0.2, 0) is 12.7 Å². The monoisotopic (exact) mass is 373 g/mol. The number of nitrogens with one attached hydrogen (secondary N) is 1. The van der Waals surface area contributed by atoms with Gasteiger partial charge in [0.2, 0.25) is 0 Å². The molecule has 11 heteroatoms. The number of benzene rings is 1. The summed E-state index contributed by atoms with van der Waals surface area (Å²) in [6.07, 6.45) is -6.14. The van der Waals surface area contributed by atoms with Crippen LogP contribution in [0, 0.1) is 0 Å². The molecule has 2 heterocycles. The first kappa shape index (κ1) is 17.8. The Hall–Kier alpha value is -2.98. The smallest absolute Gasteiger partial charge is 0.433 e. The zero-order chi connectivity index (χ0) is 18.7. The second-order valence-electron chi connectivity index (χ2n) is 5.20. The summed E-state index contributed by atoms with van der Waals surface area (Å²) in [7, 11) is 0. The summed E-state index contributed by atoms with van der Waals surface area (Å²) in [5.41, 5.74) is -0.482. The molecule has 0 aliphatic heterocycles. The molecular weight excluding hydrogens is 361 g/mol. The van der Waals surface area contributed by atoms with Crippen LogP contribution in [0.4, 0.5) is 27.8 Å². The molecule has 0 radical (unpaired) electrons. The van der Waals surface area contributed by atoms with Crippen LogP contribution >= 0.6 is 0 Å². The molecule has 0 saturated heterocycles. The predicted octanol–water partition coefficient (Wildman–Crippen LogP) is 3.40. The second-order valence-corrected chi connectivity index (χ2v) is 5.20. The van der Waals surface area contributed by atoms with Crippen LogP contribution in [0.25, 0.3) is 5.78 Å². The molecule has 0 bridgehead atoms. The lowest BCUT2D eigenvalue weighted by molar-refractivity contribution is -0.141. The van der Waals surface area contributed by atoms with Crippen molar-refractivity contribution in [1.82, 2.24) is 19.6 Å². The van der Waals surface area contributed by atoms with E-state index in [1.807, 2.05) is 0 Å². The summed E-state index contributed by atoms with van der Waals surface area (Å²) in [6.45, 7) is -0.627. The molecule has 1 aromatic carbocycles. The fourth-order valence-electron chi connectivity index (χ4n) is 2.18. The third kappa shape index (κ3) is 4.16. The summed E-state index contributed by atoms with van der Waals surface area (Å²) in [6, 6.07) is 7.11. The SMILES string of the molecule is FC(F)COc1cccc(CNc2cc(C(F)(F)F)nc3ncnn23)c1. The van der Waals surface area contributed by atoms with Crippen molar-refractivity contribution in [1.29, 1.82) is 0 Å². The van der Waals surface area contributed by atoms with Crippen LogP contribution in [0.3, 0.4) is 0 Å². The average molecular weight is 373 g/mol. The maximum atomic E-state index is 12.9. The molecule has 1 N–H and O–H groups in total. The second kappa shape index (κ2) is 7.10. The molecule has 0 atom stereocenters. The van der Waals surface area contributed by atoms with E-state index in [9.17, 15) is 22.0 Å². The van der Waals surface area contributed by atoms with Gasteiger partial charge in [-0.3, -0.25) is 0 Å². The van der Waals surface area contributed by atoms with Gasteiger partial charge in [0, 0.05) is 12.6 Å².